The zero-order valence-corrected chi connectivity index (χ0v) is 12.9. The van der Waals surface area contributed by atoms with E-state index in [0.717, 1.165) is 37.5 Å². The SMILES string of the molecule is O=C1c2ccccc2C(=O)N1CCc1nc2n(n1)CCCCC2. The minimum absolute atomic E-state index is 0.216. The monoisotopic (exact) mass is 310 g/mol. The summed E-state index contributed by atoms with van der Waals surface area (Å²) >= 11 is 0. The van der Waals surface area contributed by atoms with Gasteiger partial charge in [0.15, 0.2) is 5.82 Å². The summed E-state index contributed by atoms with van der Waals surface area (Å²) in [6.45, 7) is 1.24. The summed E-state index contributed by atoms with van der Waals surface area (Å²) in [6, 6.07) is 6.96. The lowest BCUT2D eigenvalue weighted by molar-refractivity contribution is 0.0655. The molecule has 0 unspecified atom stereocenters. The lowest BCUT2D eigenvalue weighted by atomic mass is 10.1. The van der Waals surface area contributed by atoms with E-state index in [-0.39, 0.29) is 11.8 Å². The quantitative estimate of drug-likeness (QED) is 0.811. The summed E-state index contributed by atoms with van der Waals surface area (Å²) in [5.41, 5.74) is 0.983. The molecule has 6 heteroatoms. The number of benzene rings is 1. The molecule has 0 atom stereocenters. The van der Waals surface area contributed by atoms with E-state index in [1.54, 1.807) is 24.3 Å². The fraction of sp³-hybridized carbons (Fsp3) is 0.412. The Balaban J connectivity index is 1.48. The molecule has 0 saturated heterocycles. The van der Waals surface area contributed by atoms with E-state index >= 15 is 0 Å². The summed E-state index contributed by atoms with van der Waals surface area (Å²) in [6.07, 6.45) is 4.96. The normalized spacial score (nSPS) is 17.1. The first-order chi connectivity index (χ1) is 11.2. The zero-order chi connectivity index (χ0) is 15.8. The Morgan fingerprint density at radius 2 is 1.74 bits per heavy atom. The van der Waals surface area contributed by atoms with Gasteiger partial charge in [0.05, 0.1) is 11.1 Å². The van der Waals surface area contributed by atoms with Crippen LogP contribution in [0.3, 0.4) is 0 Å². The molecule has 23 heavy (non-hydrogen) atoms. The van der Waals surface area contributed by atoms with Crippen LogP contribution >= 0.6 is 0 Å². The highest BCUT2D eigenvalue weighted by molar-refractivity contribution is 6.21. The Kier molecular flexibility index (Phi) is 3.44. The number of fused-ring (bicyclic) bond motifs is 2. The molecule has 118 valence electrons. The van der Waals surface area contributed by atoms with E-state index in [4.69, 9.17) is 0 Å². The van der Waals surface area contributed by atoms with E-state index in [1.165, 1.54) is 11.3 Å². The van der Waals surface area contributed by atoms with Gasteiger partial charge in [0.2, 0.25) is 0 Å². The summed E-state index contributed by atoms with van der Waals surface area (Å²) in [4.78, 5) is 30.5. The molecule has 6 nitrogen and oxygen atoms in total. The number of aryl methyl sites for hydroxylation is 2. The molecule has 0 saturated carbocycles. The van der Waals surface area contributed by atoms with Crippen molar-refractivity contribution in [3.8, 4) is 0 Å². The third-order valence-corrected chi connectivity index (χ3v) is 4.50. The number of carbonyl (C=O) groups excluding carboxylic acids is 2. The first-order valence-electron chi connectivity index (χ1n) is 8.12. The molecule has 2 aliphatic rings. The fourth-order valence-electron chi connectivity index (χ4n) is 3.27. The van der Waals surface area contributed by atoms with Gasteiger partial charge in [-0.15, -0.1) is 0 Å². The second kappa shape index (κ2) is 5.61. The van der Waals surface area contributed by atoms with Crippen LogP contribution in [0.2, 0.25) is 0 Å². The van der Waals surface area contributed by atoms with Gasteiger partial charge in [0.1, 0.15) is 5.82 Å². The molecule has 2 aliphatic heterocycles. The number of rotatable bonds is 3. The summed E-state index contributed by atoms with van der Waals surface area (Å²) in [5, 5.41) is 4.53. The van der Waals surface area contributed by atoms with Crippen LogP contribution in [0.4, 0.5) is 0 Å². The van der Waals surface area contributed by atoms with E-state index in [0.29, 0.717) is 24.1 Å². The molecule has 1 aromatic heterocycles. The maximum atomic E-state index is 12.3. The molecule has 4 rings (SSSR count). The van der Waals surface area contributed by atoms with Crippen molar-refractivity contribution in [3.05, 3.63) is 47.0 Å². The standard InChI is InChI=1S/C17H18N4O2/c22-16-12-6-3-4-7-13(12)17(23)20(16)11-9-14-18-15-8-2-1-5-10-21(15)19-14/h3-4,6-7H,1-2,5,8-11H2. The Hall–Kier alpha value is -2.50. The van der Waals surface area contributed by atoms with Crippen molar-refractivity contribution in [3.63, 3.8) is 0 Å². The van der Waals surface area contributed by atoms with Crippen LogP contribution in [-0.4, -0.2) is 38.0 Å². The van der Waals surface area contributed by atoms with Crippen LogP contribution < -0.4 is 0 Å². The van der Waals surface area contributed by atoms with E-state index in [2.05, 4.69) is 10.1 Å². The summed E-state index contributed by atoms with van der Waals surface area (Å²) in [5.74, 6) is 1.32. The van der Waals surface area contributed by atoms with Gasteiger partial charge >= 0.3 is 0 Å². The molecule has 0 aliphatic carbocycles. The third-order valence-electron chi connectivity index (χ3n) is 4.50. The molecular formula is C17H18N4O2. The van der Waals surface area contributed by atoms with Crippen LogP contribution in [-0.2, 0) is 19.4 Å². The van der Waals surface area contributed by atoms with Crippen molar-refractivity contribution in [2.45, 2.75) is 38.6 Å². The second-order valence-electron chi connectivity index (χ2n) is 6.04. The highest BCUT2D eigenvalue weighted by Crippen LogP contribution is 2.22. The molecule has 0 fully saturated rings. The minimum Gasteiger partial charge on any atom is -0.274 e. The Labute approximate surface area is 134 Å². The maximum absolute atomic E-state index is 12.3. The van der Waals surface area contributed by atoms with Gasteiger partial charge in [-0.2, -0.15) is 5.10 Å². The van der Waals surface area contributed by atoms with Crippen molar-refractivity contribution < 1.29 is 9.59 Å². The molecule has 2 aromatic rings. The van der Waals surface area contributed by atoms with Gasteiger partial charge in [0, 0.05) is 25.9 Å². The Bertz CT molecular complexity index is 722. The fourth-order valence-corrected chi connectivity index (χ4v) is 3.27. The van der Waals surface area contributed by atoms with Crippen LogP contribution in [0, 0.1) is 0 Å². The topological polar surface area (TPSA) is 68.1 Å². The van der Waals surface area contributed by atoms with Gasteiger partial charge in [-0.05, 0) is 25.0 Å². The van der Waals surface area contributed by atoms with Crippen LogP contribution in [0.1, 0.15) is 51.6 Å². The Morgan fingerprint density at radius 3 is 2.48 bits per heavy atom. The second-order valence-corrected chi connectivity index (χ2v) is 6.04. The lowest BCUT2D eigenvalue weighted by Gasteiger charge is -2.12. The van der Waals surface area contributed by atoms with Crippen molar-refractivity contribution in [1.29, 1.82) is 0 Å². The van der Waals surface area contributed by atoms with Gasteiger partial charge in [-0.25, -0.2) is 9.67 Å². The van der Waals surface area contributed by atoms with Crippen molar-refractivity contribution in [1.82, 2.24) is 19.7 Å². The zero-order valence-electron chi connectivity index (χ0n) is 12.9. The average molecular weight is 310 g/mol. The predicted molar refractivity (Wildman–Crippen MR) is 83.1 cm³/mol. The molecule has 3 heterocycles. The van der Waals surface area contributed by atoms with Gasteiger partial charge in [0.25, 0.3) is 11.8 Å². The van der Waals surface area contributed by atoms with E-state index < -0.39 is 0 Å². The van der Waals surface area contributed by atoms with Gasteiger partial charge in [-0.3, -0.25) is 14.5 Å². The number of hydrogen-bond acceptors (Lipinski definition) is 4. The highest BCUT2D eigenvalue weighted by Gasteiger charge is 2.34. The average Bonchev–Trinajstić information content (AvgIpc) is 2.97. The smallest absolute Gasteiger partial charge is 0.261 e. The van der Waals surface area contributed by atoms with Crippen molar-refractivity contribution >= 4 is 11.8 Å². The maximum Gasteiger partial charge on any atom is 0.261 e. The molecule has 0 spiro atoms. The number of amides is 2. The van der Waals surface area contributed by atoms with Gasteiger partial charge < -0.3 is 0 Å². The van der Waals surface area contributed by atoms with Crippen molar-refractivity contribution in [2.24, 2.45) is 0 Å². The highest BCUT2D eigenvalue weighted by atomic mass is 16.2. The number of aromatic nitrogens is 3. The van der Waals surface area contributed by atoms with Crippen LogP contribution in [0.5, 0.6) is 0 Å². The van der Waals surface area contributed by atoms with Crippen molar-refractivity contribution in [2.75, 3.05) is 6.54 Å². The molecular weight excluding hydrogens is 292 g/mol. The largest absolute Gasteiger partial charge is 0.274 e. The van der Waals surface area contributed by atoms with E-state index in [9.17, 15) is 9.59 Å². The Morgan fingerprint density at radius 1 is 1.00 bits per heavy atom. The molecule has 1 aromatic carbocycles. The predicted octanol–water partition coefficient (Wildman–Crippen LogP) is 1.84. The number of imide groups is 1. The third kappa shape index (κ3) is 2.44. The summed E-state index contributed by atoms with van der Waals surface area (Å²) < 4.78 is 1.98. The minimum atomic E-state index is -0.216. The summed E-state index contributed by atoms with van der Waals surface area (Å²) in [7, 11) is 0. The number of hydrogen-bond donors (Lipinski definition) is 0. The van der Waals surface area contributed by atoms with E-state index in [1.807, 2.05) is 4.68 Å². The molecule has 2 amide bonds. The number of carbonyl (C=O) groups is 2. The molecule has 0 radical (unpaired) electrons. The van der Waals surface area contributed by atoms with Crippen LogP contribution in [0.15, 0.2) is 24.3 Å². The lowest BCUT2D eigenvalue weighted by Crippen LogP contribution is -2.32. The van der Waals surface area contributed by atoms with Crippen LogP contribution in [0.25, 0.3) is 0 Å². The first-order valence-corrected chi connectivity index (χ1v) is 8.12. The number of nitrogens with zero attached hydrogens (tertiary/aromatic N) is 4. The first kappa shape index (κ1) is 14.1. The van der Waals surface area contributed by atoms with Gasteiger partial charge in [-0.1, -0.05) is 18.6 Å². The molecule has 0 N–H and O–H groups in total. The molecule has 0 bridgehead atoms.